The number of nitrogens with zero attached hydrogens (tertiary/aromatic N) is 1. The van der Waals surface area contributed by atoms with Gasteiger partial charge in [-0.1, -0.05) is 23.7 Å². The molecule has 1 saturated heterocycles. The van der Waals surface area contributed by atoms with E-state index in [1.807, 2.05) is 6.07 Å². The number of aliphatic hydroxyl groups excluding tert-OH is 3. The zero-order valence-corrected chi connectivity index (χ0v) is 15.4. The molecule has 3 N–H and O–H groups in total. The van der Waals surface area contributed by atoms with E-state index in [0.29, 0.717) is 22.8 Å². The molecule has 3 rings (SSSR count). The van der Waals surface area contributed by atoms with Crippen LogP contribution >= 0.6 is 11.6 Å². The van der Waals surface area contributed by atoms with E-state index < -0.39 is 37.2 Å². The van der Waals surface area contributed by atoms with Gasteiger partial charge in [-0.05, 0) is 29.3 Å². The first-order valence-electron chi connectivity index (χ1n) is 8.48. The van der Waals surface area contributed by atoms with Crippen molar-refractivity contribution in [3.05, 3.63) is 58.4 Å². The number of aromatic nitrogens is 1. The maximum Gasteiger partial charge on any atom is 0.157 e. The van der Waals surface area contributed by atoms with Gasteiger partial charge in [0.05, 0.1) is 19.9 Å². The highest BCUT2D eigenvalue weighted by Crippen LogP contribution is 2.35. The van der Waals surface area contributed by atoms with Gasteiger partial charge in [-0.2, -0.15) is 0 Å². The Labute approximate surface area is 161 Å². The number of hydrogen-bond acceptors (Lipinski definition) is 6. The summed E-state index contributed by atoms with van der Waals surface area (Å²) in [6.45, 7) is -0.600. The first kappa shape index (κ1) is 20.0. The van der Waals surface area contributed by atoms with Crippen molar-refractivity contribution in [2.24, 2.45) is 0 Å². The average molecular weight is 398 g/mol. The molecule has 2 heterocycles. The highest BCUT2D eigenvalue weighted by atomic mass is 35.5. The van der Waals surface area contributed by atoms with Gasteiger partial charge in [-0.15, -0.1) is 0 Å². The van der Waals surface area contributed by atoms with E-state index in [0.717, 1.165) is 11.3 Å². The van der Waals surface area contributed by atoms with Crippen molar-refractivity contribution < 1.29 is 29.2 Å². The summed E-state index contributed by atoms with van der Waals surface area (Å²) in [5.74, 6) is 0.641. The average Bonchev–Trinajstić information content (AvgIpc) is 2.69. The Kier molecular flexibility index (Phi) is 6.29. The number of halogens is 2. The van der Waals surface area contributed by atoms with Gasteiger partial charge in [0.2, 0.25) is 0 Å². The number of pyridine rings is 1. The number of benzene rings is 1. The van der Waals surface area contributed by atoms with E-state index in [1.54, 1.807) is 37.6 Å². The molecule has 1 aromatic carbocycles. The number of hydrogen-bond donors (Lipinski definition) is 3. The molecule has 0 spiro atoms. The second-order valence-corrected chi connectivity index (χ2v) is 6.83. The maximum absolute atomic E-state index is 13.9. The van der Waals surface area contributed by atoms with Crippen molar-refractivity contribution in [2.75, 3.05) is 13.7 Å². The molecule has 1 aromatic heterocycles. The molecule has 0 radical (unpaired) electrons. The third-order valence-corrected chi connectivity index (χ3v) is 5.01. The van der Waals surface area contributed by atoms with Crippen LogP contribution in [0.15, 0.2) is 36.5 Å². The van der Waals surface area contributed by atoms with Crippen molar-refractivity contribution in [3.63, 3.8) is 0 Å². The van der Waals surface area contributed by atoms with Crippen molar-refractivity contribution in [3.8, 4) is 5.75 Å². The predicted octanol–water partition coefficient (Wildman–Crippen LogP) is 1.83. The van der Waals surface area contributed by atoms with Gasteiger partial charge in [0.15, 0.2) is 6.17 Å². The molecule has 1 aliphatic heterocycles. The Balaban J connectivity index is 1.85. The SMILES string of the molecule is COc1ccc(Cc2cc(C3OC(CO)C(F)C(O)C3O)ccc2Cl)nc1. The van der Waals surface area contributed by atoms with E-state index in [2.05, 4.69) is 4.98 Å². The molecule has 27 heavy (non-hydrogen) atoms. The van der Waals surface area contributed by atoms with Crippen LogP contribution in [0.5, 0.6) is 5.75 Å². The topological polar surface area (TPSA) is 92.0 Å². The highest BCUT2D eigenvalue weighted by molar-refractivity contribution is 6.31. The fourth-order valence-electron chi connectivity index (χ4n) is 3.09. The monoisotopic (exact) mass is 397 g/mol. The predicted molar refractivity (Wildman–Crippen MR) is 96.7 cm³/mol. The van der Waals surface area contributed by atoms with E-state index in [1.165, 1.54) is 0 Å². The molecule has 0 bridgehead atoms. The Morgan fingerprint density at radius 1 is 1.22 bits per heavy atom. The molecule has 0 amide bonds. The summed E-state index contributed by atoms with van der Waals surface area (Å²) in [6, 6.07) is 8.61. The quantitative estimate of drug-likeness (QED) is 0.713. The zero-order chi connectivity index (χ0) is 19.6. The molecule has 0 aliphatic carbocycles. The fourth-order valence-corrected chi connectivity index (χ4v) is 3.27. The van der Waals surface area contributed by atoms with Gasteiger partial charge in [-0.3, -0.25) is 4.98 Å². The highest BCUT2D eigenvalue weighted by Gasteiger charge is 2.45. The standard InChI is InChI=1S/C19H21ClFNO5/c1-26-13-4-3-12(22-8-13)7-11-6-10(2-5-14(11)20)19-18(25)17(24)16(21)15(9-23)27-19/h2-6,8,15-19,23-25H,7,9H2,1H3. The van der Waals surface area contributed by atoms with Crippen LogP contribution in [-0.2, 0) is 11.2 Å². The van der Waals surface area contributed by atoms with Gasteiger partial charge in [0.1, 0.15) is 30.2 Å². The van der Waals surface area contributed by atoms with Crippen LogP contribution in [0.4, 0.5) is 4.39 Å². The third-order valence-electron chi connectivity index (χ3n) is 4.65. The van der Waals surface area contributed by atoms with E-state index in [4.69, 9.17) is 21.1 Å². The summed E-state index contributed by atoms with van der Waals surface area (Å²) < 4.78 is 24.5. The van der Waals surface area contributed by atoms with Crippen LogP contribution in [0, 0.1) is 0 Å². The first-order valence-corrected chi connectivity index (χ1v) is 8.86. The van der Waals surface area contributed by atoms with Crippen molar-refractivity contribution in [1.82, 2.24) is 4.98 Å². The van der Waals surface area contributed by atoms with Gasteiger partial charge in [0.25, 0.3) is 0 Å². The number of aliphatic hydroxyl groups is 3. The molecule has 5 atom stereocenters. The third kappa shape index (κ3) is 4.23. The lowest BCUT2D eigenvalue weighted by Gasteiger charge is -2.39. The largest absolute Gasteiger partial charge is 0.495 e. The summed E-state index contributed by atoms with van der Waals surface area (Å²) in [5, 5.41) is 29.9. The zero-order valence-electron chi connectivity index (χ0n) is 14.6. The van der Waals surface area contributed by atoms with Crippen LogP contribution in [0.3, 0.4) is 0 Å². The number of rotatable bonds is 5. The first-order chi connectivity index (χ1) is 12.9. The van der Waals surface area contributed by atoms with Gasteiger partial charge >= 0.3 is 0 Å². The minimum Gasteiger partial charge on any atom is -0.495 e. The van der Waals surface area contributed by atoms with E-state index >= 15 is 0 Å². The van der Waals surface area contributed by atoms with E-state index in [9.17, 15) is 19.7 Å². The Morgan fingerprint density at radius 2 is 2.00 bits per heavy atom. The van der Waals surface area contributed by atoms with Crippen LogP contribution in [-0.4, -0.2) is 58.5 Å². The molecule has 2 aromatic rings. The van der Waals surface area contributed by atoms with Crippen molar-refractivity contribution >= 4 is 11.6 Å². The van der Waals surface area contributed by atoms with Crippen LogP contribution in [0.25, 0.3) is 0 Å². The lowest BCUT2D eigenvalue weighted by atomic mass is 9.91. The summed E-state index contributed by atoms with van der Waals surface area (Å²) in [5.41, 5.74) is 2.02. The molecule has 1 fully saturated rings. The van der Waals surface area contributed by atoms with Crippen LogP contribution in [0.2, 0.25) is 5.02 Å². The molecule has 0 saturated carbocycles. The summed E-state index contributed by atoms with van der Waals surface area (Å²) in [6.07, 6.45) is -5.14. The molecule has 6 nitrogen and oxygen atoms in total. The summed E-state index contributed by atoms with van der Waals surface area (Å²) in [7, 11) is 1.56. The Hall–Kier alpha value is -1.77. The van der Waals surface area contributed by atoms with Crippen LogP contribution < -0.4 is 4.74 Å². The van der Waals surface area contributed by atoms with Crippen molar-refractivity contribution in [1.29, 1.82) is 0 Å². The van der Waals surface area contributed by atoms with Gasteiger partial charge in [0, 0.05) is 17.1 Å². The number of methoxy groups -OCH3 is 1. The minimum atomic E-state index is -1.86. The smallest absolute Gasteiger partial charge is 0.157 e. The van der Waals surface area contributed by atoms with Gasteiger partial charge < -0.3 is 24.8 Å². The lowest BCUT2D eigenvalue weighted by molar-refractivity contribution is -0.214. The normalized spacial score (nSPS) is 28.1. The Morgan fingerprint density at radius 3 is 2.63 bits per heavy atom. The summed E-state index contributed by atoms with van der Waals surface area (Å²) in [4.78, 5) is 4.30. The fraction of sp³-hybridized carbons (Fsp3) is 0.421. The summed E-state index contributed by atoms with van der Waals surface area (Å²) >= 11 is 6.28. The van der Waals surface area contributed by atoms with Gasteiger partial charge in [-0.25, -0.2) is 4.39 Å². The maximum atomic E-state index is 13.9. The van der Waals surface area contributed by atoms with E-state index in [-0.39, 0.29) is 0 Å². The molecule has 8 heteroatoms. The lowest BCUT2D eigenvalue weighted by Crippen LogP contribution is -2.53. The van der Waals surface area contributed by atoms with Crippen molar-refractivity contribution in [2.45, 2.75) is 37.0 Å². The molecule has 146 valence electrons. The minimum absolute atomic E-state index is 0.428. The molecular weight excluding hydrogens is 377 g/mol. The molecule has 5 unspecified atom stereocenters. The molecular formula is C19H21ClFNO5. The second-order valence-electron chi connectivity index (χ2n) is 6.42. The number of alkyl halides is 1. The Bertz CT molecular complexity index is 773. The van der Waals surface area contributed by atoms with Crippen LogP contribution in [0.1, 0.15) is 22.9 Å². The molecule has 1 aliphatic rings. The second kappa shape index (κ2) is 8.50. The number of ether oxygens (including phenoxy) is 2.